The van der Waals surface area contributed by atoms with Gasteiger partial charge in [0.25, 0.3) is 5.69 Å². The van der Waals surface area contributed by atoms with Crippen LogP contribution in [0.4, 0.5) is 21.6 Å². The number of nitrogens with zero attached hydrogens (tertiary/aromatic N) is 3. The summed E-state index contributed by atoms with van der Waals surface area (Å²) in [6, 6.07) is 8.02. The van der Waals surface area contributed by atoms with Crippen LogP contribution in [0.5, 0.6) is 0 Å². The molecule has 1 aromatic heterocycles. The van der Waals surface area contributed by atoms with Gasteiger partial charge in [0, 0.05) is 25.7 Å². The maximum atomic E-state index is 14.2. The lowest BCUT2D eigenvalue weighted by atomic mass is 10.1. The van der Waals surface area contributed by atoms with E-state index in [0.717, 1.165) is 18.7 Å². The van der Waals surface area contributed by atoms with Crippen LogP contribution in [0.25, 0.3) is 0 Å². The van der Waals surface area contributed by atoms with Crippen LogP contribution in [0.3, 0.4) is 0 Å². The summed E-state index contributed by atoms with van der Waals surface area (Å²) < 4.78 is 14.2. The summed E-state index contributed by atoms with van der Waals surface area (Å²) in [5.74, 6) is 0.244. The molecule has 122 valence electrons. The van der Waals surface area contributed by atoms with E-state index >= 15 is 0 Å². The minimum absolute atomic E-state index is 0.0647. The number of aromatic nitrogens is 1. The molecule has 0 spiro atoms. The fraction of sp³-hybridized carbons (Fsp3) is 0.312. The Morgan fingerprint density at radius 1 is 1.26 bits per heavy atom. The highest BCUT2D eigenvalue weighted by atomic mass is 19.1. The van der Waals surface area contributed by atoms with Crippen LogP contribution in [0, 0.1) is 15.9 Å². The number of hydrogen-bond acceptors (Lipinski definition) is 5. The zero-order valence-corrected chi connectivity index (χ0v) is 13.1. The molecule has 0 aliphatic heterocycles. The van der Waals surface area contributed by atoms with Gasteiger partial charge in [-0.05, 0) is 37.6 Å². The first kappa shape index (κ1) is 16.7. The summed E-state index contributed by atoms with van der Waals surface area (Å²) in [7, 11) is 0. The van der Waals surface area contributed by atoms with Crippen LogP contribution < -0.4 is 10.2 Å². The van der Waals surface area contributed by atoms with Gasteiger partial charge >= 0.3 is 0 Å². The molecule has 0 amide bonds. The molecule has 0 fully saturated rings. The molecule has 0 aliphatic rings. The van der Waals surface area contributed by atoms with Gasteiger partial charge < -0.3 is 10.2 Å². The molecule has 1 N–H and O–H groups in total. The lowest BCUT2D eigenvalue weighted by Crippen LogP contribution is -2.23. The molecular formula is C16H19FN4O2. The van der Waals surface area contributed by atoms with Crippen LogP contribution in [0.15, 0.2) is 36.5 Å². The summed E-state index contributed by atoms with van der Waals surface area (Å²) in [5, 5.41) is 13.6. The van der Waals surface area contributed by atoms with E-state index in [4.69, 9.17) is 0 Å². The van der Waals surface area contributed by atoms with E-state index in [-0.39, 0.29) is 11.5 Å². The average molecular weight is 318 g/mol. The Morgan fingerprint density at radius 3 is 2.52 bits per heavy atom. The lowest BCUT2D eigenvalue weighted by Gasteiger charge is -2.22. The van der Waals surface area contributed by atoms with Crippen molar-refractivity contribution < 1.29 is 9.31 Å². The zero-order chi connectivity index (χ0) is 16.8. The van der Waals surface area contributed by atoms with Crippen LogP contribution in [-0.2, 0) is 6.54 Å². The van der Waals surface area contributed by atoms with E-state index in [1.807, 2.05) is 24.8 Å². The number of rotatable bonds is 7. The molecule has 23 heavy (non-hydrogen) atoms. The Balaban J connectivity index is 2.03. The van der Waals surface area contributed by atoms with E-state index in [1.54, 1.807) is 6.07 Å². The minimum Gasteiger partial charge on any atom is -0.370 e. The molecule has 7 heteroatoms. The summed E-state index contributed by atoms with van der Waals surface area (Å²) in [4.78, 5) is 16.0. The summed E-state index contributed by atoms with van der Waals surface area (Å²) in [6.07, 6.45) is 1.19. The molecule has 0 saturated heterocycles. The molecule has 6 nitrogen and oxygen atoms in total. The van der Waals surface area contributed by atoms with Gasteiger partial charge in [0.1, 0.15) is 17.8 Å². The van der Waals surface area contributed by atoms with Crippen molar-refractivity contribution in [2.24, 2.45) is 0 Å². The van der Waals surface area contributed by atoms with E-state index in [9.17, 15) is 14.5 Å². The maximum absolute atomic E-state index is 14.2. The molecule has 2 rings (SSSR count). The first-order valence-corrected chi connectivity index (χ1v) is 7.42. The molecule has 1 heterocycles. The molecule has 0 bridgehead atoms. The maximum Gasteiger partial charge on any atom is 0.287 e. The highest BCUT2D eigenvalue weighted by Crippen LogP contribution is 2.21. The van der Waals surface area contributed by atoms with E-state index in [0.29, 0.717) is 18.1 Å². The van der Waals surface area contributed by atoms with Crippen molar-refractivity contribution in [3.63, 3.8) is 0 Å². The summed E-state index contributed by atoms with van der Waals surface area (Å²) in [6.45, 7) is 5.85. The smallest absolute Gasteiger partial charge is 0.287 e. The summed E-state index contributed by atoms with van der Waals surface area (Å²) >= 11 is 0. The minimum atomic E-state index is -0.502. The topological polar surface area (TPSA) is 71.3 Å². The second-order valence-corrected chi connectivity index (χ2v) is 4.97. The molecular weight excluding hydrogens is 299 g/mol. The van der Waals surface area contributed by atoms with Crippen molar-refractivity contribution in [1.82, 2.24) is 4.98 Å². The third-order valence-corrected chi connectivity index (χ3v) is 3.55. The van der Waals surface area contributed by atoms with Crippen molar-refractivity contribution in [3.8, 4) is 0 Å². The predicted octanol–water partition coefficient (Wildman–Crippen LogP) is 3.59. The Hall–Kier alpha value is -2.70. The number of nitrogens with one attached hydrogen (secondary N) is 1. The second kappa shape index (κ2) is 7.53. The van der Waals surface area contributed by atoms with Crippen molar-refractivity contribution >= 4 is 17.2 Å². The fourth-order valence-corrected chi connectivity index (χ4v) is 2.27. The Bertz CT molecular complexity index is 672. The van der Waals surface area contributed by atoms with Gasteiger partial charge in [-0.15, -0.1) is 0 Å². The van der Waals surface area contributed by atoms with Gasteiger partial charge in [0.05, 0.1) is 10.6 Å². The standard InChI is InChI=1S/C16H19FN4O2/c1-3-20(4-2)15-7-5-12(9-14(15)17)10-18-16-8-6-13(11-19-16)21(22)23/h5-9,11H,3-4,10H2,1-2H3,(H,18,19). The van der Waals surface area contributed by atoms with E-state index in [1.165, 1.54) is 24.4 Å². The molecule has 2 aromatic rings. The van der Waals surface area contributed by atoms with Crippen LogP contribution in [0.2, 0.25) is 0 Å². The molecule has 0 aliphatic carbocycles. The number of pyridine rings is 1. The first-order chi connectivity index (χ1) is 11.0. The Morgan fingerprint density at radius 2 is 2.00 bits per heavy atom. The van der Waals surface area contributed by atoms with Crippen molar-refractivity contribution in [3.05, 3.63) is 58.0 Å². The number of anilines is 2. The largest absolute Gasteiger partial charge is 0.370 e. The van der Waals surface area contributed by atoms with Gasteiger partial charge in [0.2, 0.25) is 0 Å². The third-order valence-electron chi connectivity index (χ3n) is 3.55. The Kier molecular flexibility index (Phi) is 5.46. The predicted molar refractivity (Wildman–Crippen MR) is 88.2 cm³/mol. The van der Waals surface area contributed by atoms with Crippen LogP contribution >= 0.6 is 0 Å². The number of halogens is 1. The number of nitro groups is 1. The highest BCUT2D eigenvalue weighted by molar-refractivity contribution is 5.49. The SMILES string of the molecule is CCN(CC)c1ccc(CNc2ccc([N+](=O)[O-])cn2)cc1F. The van der Waals surface area contributed by atoms with Gasteiger partial charge in [-0.2, -0.15) is 0 Å². The van der Waals surface area contributed by atoms with Gasteiger partial charge in [-0.3, -0.25) is 10.1 Å². The second-order valence-electron chi connectivity index (χ2n) is 4.97. The molecule has 0 saturated carbocycles. The quantitative estimate of drug-likeness (QED) is 0.624. The molecule has 0 atom stereocenters. The zero-order valence-electron chi connectivity index (χ0n) is 13.1. The third kappa shape index (κ3) is 4.15. The van der Waals surface area contributed by atoms with E-state index in [2.05, 4.69) is 10.3 Å². The van der Waals surface area contributed by atoms with Crippen LogP contribution in [-0.4, -0.2) is 23.0 Å². The van der Waals surface area contributed by atoms with Gasteiger partial charge in [-0.1, -0.05) is 6.07 Å². The monoisotopic (exact) mass is 318 g/mol. The van der Waals surface area contributed by atoms with Crippen molar-refractivity contribution in [2.45, 2.75) is 20.4 Å². The highest BCUT2D eigenvalue weighted by Gasteiger charge is 2.09. The molecule has 0 unspecified atom stereocenters. The number of benzene rings is 1. The van der Waals surface area contributed by atoms with Gasteiger partial charge in [0.15, 0.2) is 0 Å². The molecule has 0 radical (unpaired) electrons. The molecule has 1 aromatic carbocycles. The average Bonchev–Trinajstić information content (AvgIpc) is 2.56. The van der Waals surface area contributed by atoms with Crippen molar-refractivity contribution in [1.29, 1.82) is 0 Å². The first-order valence-electron chi connectivity index (χ1n) is 7.42. The lowest BCUT2D eigenvalue weighted by molar-refractivity contribution is -0.385. The normalized spacial score (nSPS) is 10.4. The Labute approximate surface area is 134 Å². The van der Waals surface area contributed by atoms with Crippen LogP contribution in [0.1, 0.15) is 19.4 Å². The van der Waals surface area contributed by atoms with Gasteiger partial charge in [-0.25, -0.2) is 9.37 Å². The van der Waals surface area contributed by atoms with E-state index < -0.39 is 4.92 Å². The van der Waals surface area contributed by atoms with Crippen molar-refractivity contribution in [2.75, 3.05) is 23.3 Å². The summed E-state index contributed by atoms with van der Waals surface area (Å²) in [5.41, 5.74) is 1.30. The fourth-order valence-electron chi connectivity index (χ4n) is 2.27. The number of hydrogen-bond donors (Lipinski definition) is 1.